The van der Waals surface area contributed by atoms with Gasteiger partial charge in [0.25, 0.3) is 5.91 Å². The van der Waals surface area contributed by atoms with Gasteiger partial charge in [-0.2, -0.15) is 0 Å². The Labute approximate surface area is 210 Å². The summed E-state index contributed by atoms with van der Waals surface area (Å²) in [6.07, 6.45) is 1.01. The van der Waals surface area contributed by atoms with Crippen molar-refractivity contribution >= 4 is 22.9 Å². The van der Waals surface area contributed by atoms with Crippen molar-refractivity contribution in [2.75, 3.05) is 18.1 Å². The lowest BCUT2D eigenvalue weighted by Crippen LogP contribution is -2.45. The van der Waals surface area contributed by atoms with Crippen molar-refractivity contribution in [3.05, 3.63) is 94.3 Å². The summed E-state index contributed by atoms with van der Waals surface area (Å²) >= 11 is 1.65. The molecule has 5 nitrogen and oxygen atoms in total. The van der Waals surface area contributed by atoms with Crippen LogP contribution in [0.5, 0.6) is 11.5 Å². The second-order valence-corrected chi connectivity index (χ2v) is 9.68. The minimum absolute atomic E-state index is 0.0340. The van der Waals surface area contributed by atoms with Crippen LogP contribution in [0, 0.1) is 6.92 Å². The third-order valence-corrected chi connectivity index (χ3v) is 6.85. The van der Waals surface area contributed by atoms with Gasteiger partial charge < -0.3 is 14.4 Å². The van der Waals surface area contributed by atoms with Crippen LogP contribution in [0.15, 0.2) is 78.2 Å². The number of ether oxygens (including phenoxy) is 2. The van der Waals surface area contributed by atoms with Crippen molar-refractivity contribution in [1.82, 2.24) is 4.98 Å². The van der Waals surface area contributed by atoms with Gasteiger partial charge in [0.1, 0.15) is 11.5 Å². The molecule has 2 heterocycles. The number of thiazole rings is 1. The predicted octanol–water partition coefficient (Wildman–Crippen LogP) is 6.29. The summed E-state index contributed by atoms with van der Waals surface area (Å²) in [6, 6.07) is 24.3. The summed E-state index contributed by atoms with van der Waals surface area (Å²) in [7, 11) is 0. The number of carbonyl (C=O) groups excluding carboxylic acids is 1. The summed E-state index contributed by atoms with van der Waals surface area (Å²) in [5.74, 6) is 1.54. The van der Waals surface area contributed by atoms with E-state index in [2.05, 4.69) is 17.5 Å². The number of rotatable bonds is 8. The van der Waals surface area contributed by atoms with E-state index in [1.54, 1.807) is 18.3 Å². The summed E-state index contributed by atoms with van der Waals surface area (Å²) < 4.78 is 11.8. The number of carbonyl (C=O) groups is 1. The second kappa shape index (κ2) is 10.3. The van der Waals surface area contributed by atoms with E-state index in [1.807, 2.05) is 72.5 Å². The smallest absolute Gasteiger partial charge is 0.267 e. The highest BCUT2D eigenvalue weighted by Crippen LogP contribution is 2.38. The highest BCUT2D eigenvalue weighted by Gasteiger charge is 2.31. The highest BCUT2D eigenvalue weighted by atomic mass is 32.1. The van der Waals surface area contributed by atoms with Gasteiger partial charge in [0, 0.05) is 23.9 Å². The highest BCUT2D eigenvalue weighted by molar-refractivity contribution is 7.10. The van der Waals surface area contributed by atoms with E-state index in [-0.39, 0.29) is 5.91 Å². The van der Waals surface area contributed by atoms with E-state index < -0.39 is 6.10 Å². The average Bonchev–Trinajstić information content (AvgIpc) is 3.33. The van der Waals surface area contributed by atoms with Gasteiger partial charge in [-0.15, -0.1) is 11.3 Å². The Morgan fingerprint density at radius 2 is 1.91 bits per heavy atom. The molecule has 3 aromatic carbocycles. The molecule has 1 aromatic heterocycles. The summed E-state index contributed by atoms with van der Waals surface area (Å²) in [4.78, 5) is 19.7. The van der Waals surface area contributed by atoms with Gasteiger partial charge in [-0.05, 0) is 61.7 Å². The Balaban J connectivity index is 1.31. The molecule has 0 bridgehead atoms. The number of amides is 1. The zero-order valence-corrected chi connectivity index (χ0v) is 20.8. The number of aromatic nitrogens is 1. The lowest BCUT2D eigenvalue weighted by Gasteiger charge is -2.33. The van der Waals surface area contributed by atoms with Crippen LogP contribution in [0.4, 0.5) is 5.69 Å². The van der Waals surface area contributed by atoms with Crippen molar-refractivity contribution in [3.8, 4) is 22.8 Å². The molecular weight excluding hydrogens is 456 g/mol. The molecule has 1 aliphatic rings. The van der Waals surface area contributed by atoms with Crippen molar-refractivity contribution in [1.29, 1.82) is 0 Å². The van der Waals surface area contributed by atoms with E-state index in [0.29, 0.717) is 19.6 Å². The van der Waals surface area contributed by atoms with Gasteiger partial charge in [-0.25, -0.2) is 4.98 Å². The topological polar surface area (TPSA) is 51.7 Å². The molecule has 35 heavy (non-hydrogen) atoms. The Hall–Kier alpha value is -3.64. The fourth-order valence-corrected chi connectivity index (χ4v) is 5.05. The minimum atomic E-state index is -0.511. The third kappa shape index (κ3) is 5.38. The van der Waals surface area contributed by atoms with Gasteiger partial charge in [-0.3, -0.25) is 4.79 Å². The maximum atomic E-state index is 13.0. The maximum absolute atomic E-state index is 13.0. The zero-order chi connectivity index (χ0) is 24.2. The summed E-state index contributed by atoms with van der Waals surface area (Å²) in [6.45, 7) is 4.94. The Morgan fingerprint density at radius 1 is 1.06 bits per heavy atom. The molecule has 1 unspecified atom stereocenters. The van der Waals surface area contributed by atoms with Crippen LogP contribution in [-0.2, 0) is 11.2 Å². The number of nitrogens with zero attached hydrogens (tertiary/aromatic N) is 2. The van der Waals surface area contributed by atoms with Crippen LogP contribution in [0.2, 0.25) is 0 Å². The standard InChI is InChI=1S/C29H28N2O3S/c1-20-8-6-11-24(16-20)33-15-7-14-31-26-18-23(12-13-27(26)34-21(2)29(31)32)25-19-35-28(30-25)17-22-9-4-3-5-10-22/h3-6,8-13,16,18-19,21H,7,14-15,17H2,1-2H3. The molecular formula is C29H28N2O3S. The molecule has 0 fully saturated rings. The largest absolute Gasteiger partial charge is 0.494 e. The Morgan fingerprint density at radius 3 is 2.74 bits per heavy atom. The normalized spacial score (nSPS) is 15.0. The average molecular weight is 485 g/mol. The molecule has 1 aliphatic heterocycles. The first kappa shape index (κ1) is 23.1. The van der Waals surface area contributed by atoms with E-state index in [0.717, 1.165) is 45.4 Å². The molecule has 0 N–H and O–H groups in total. The van der Waals surface area contributed by atoms with Gasteiger partial charge >= 0.3 is 0 Å². The SMILES string of the molecule is Cc1cccc(OCCCN2C(=O)C(C)Oc3ccc(-c4csc(Cc5ccccc5)n4)cc32)c1. The molecule has 4 aromatic rings. The van der Waals surface area contributed by atoms with E-state index in [1.165, 1.54) is 5.56 Å². The van der Waals surface area contributed by atoms with E-state index >= 15 is 0 Å². The number of benzene rings is 3. The number of anilines is 1. The van der Waals surface area contributed by atoms with Crippen LogP contribution in [-0.4, -0.2) is 30.1 Å². The van der Waals surface area contributed by atoms with Crippen molar-refractivity contribution in [3.63, 3.8) is 0 Å². The molecule has 0 radical (unpaired) electrons. The number of aryl methyl sites for hydroxylation is 1. The molecule has 5 rings (SSSR count). The lowest BCUT2D eigenvalue weighted by atomic mass is 10.1. The fourth-order valence-electron chi connectivity index (χ4n) is 4.21. The Kier molecular flexibility index (Phi) is 6.82. The first-order valence-electron chi connectivity index (χ1n) is 11.9. The quantitative estimate of drug-likeness (QED) is 0.276. The maximum Gasteiger partial charge on any atom is 0.267 e. The fraction of sp³-hybridized carbons (Fsp3) is 0.241. The van der Waals surface area contributed by atoms with Crippen molar-refractivity contribution < 1.29 is 14.3 Å². The van der Waals surface area contributed by atoms with Gasteiger partial charge in [0.2, 0.25) is 0 Å². The van der Waals surface area contributed by atoms with E-state index in [9.17, 15) is 4.79 Å². The Bertz CT molecular complexity index is 1320. The van der Waals surface area contributed by atoms with Crippen LogP contribution in [0.3, 0.4) is 0 Å². The first-order chi connectivity index (χ1) is 17.1. The van der Waals surface area contributed by atoms with E-state index in [4.69, 9.17) is 14.5 Å². The molecule has 0 saturated carbocycles. The van der Waals surface area contributed by atoms with Gasteiger partial charge in [-0.1, -0.05) is 42.5 Å². The summed E-state index contributed by atoms with van der Waals surface area (Å²) in [5.41, 5.74) is 5.09. The minimum Gasteiger partial charge on any atom is -0.494 e. The monoisotopic (exact) mass is 484 g/mol. The van der Waals surface area contributed by atoms with Crippen molar-refractivity contribution in [2.45, 2.75) is 32.8 Å². The third-order valence-electron chi connectivity index (χ3n) is 6.00. The first-order valence-corrected chi connectivity index (χ1v) is 12.7. The molecule has 0 aliphatic carbocycles. The number of fused-ring (bicyclic) bond motifs is 1. The molecule has 178 valence electrons. The van der Waals surface area contributed by atoms with Crippen LogP contribution >= 0.6 is 11.3 Å². The molecule has 0 saturated heterocycles. The van der Waals surface area contributed by atoms with Crippen LogP contribution < -0.4 is 14.4 Å². The second-order valence-electron chi connectivity index (χ2n) is 8.74. The zero-order valence-electron chi connectivity index (χ0n) is 19.9. The van der Waals surface area contributed by atoms with Crippen molar-refractivity contribution in [2.24, 2.45) is 0 Å². The number of hydrogen-bond acceptors (Lipinski definition) is 5. The molecule has 1 amide bonds. The lowest BCUT2D eigenvalue weighted by molar-refractivity contribution is -0.125. The summed E-state index contributed by atoms with van der Waals surface area (Å²) in [5, 5.41) is 3.14. The molecule has 0 spiro atoms. The van der Waals surface area contributed by atoms with Crippen LogP contribution in [0.25, 0.3) is 11.3 Å². The van der Waals surface area contributed by atoms with Gasteiger partial charge in [0.15, 0.2) is 6.10 Å². The van der Waals surface area contributed by atoms with Crippen LogP contribution in [0.1, 0.15) is 29.5 Å². The van der Waals surface area contributed by atoms with Gasteiger partial charge in [0.05, 0.1) is 23.0 Å². The molecule has 1 atom stereocenters. The molecule has 6 heteroatoms. The predicted molar refractivity (Wildman–Crippen MR) is 141 cm³/mol. The number of hydrogen-bond donors (Lipinski definition) is 0.